The Hall–Kier alpha value is -15.3. The number of pyridine rings is 2. The largest absolute Gasteiger partial charge is 0.478 e. The zero-order valence-corrected chi connectivity index (χ0v) is 59.7. The first-order valence-electron chi connectivity index (χ1n) is 33.9. The number of hydrogen-bond acceptors (Lipinski definition) is 15. The number of alkyl halides is 2. The summed E-state index contributed by atoms with van der Waals surface area (Å²) >= 11 is 0. The van der Waals surface area contributed by atoms with E-state index in [1.807, 2.05) is 105 Å². The Balaban J connectivity index is 0.000000138. The van der Waals surface area contributed by atoms with E-state index >= 15 is 0 Å². The van der Waals surface area contributed by atoms with Crippen LogP contribution in [-0.2, 0) is 0 Å². The van der Waals surface area contributed by atoms with Gasteiger partial charge >= 0.3 is 29.8 Å². The number of carboxylic acids is 5. The summed E-state index contributed by atoms with van der Waals surface area (Å²) in [7, 11) is 4.00. The fourth-order valence-corrected chi connectivity index (χ4v) is 10.7. The maximum Gasteiger partial charge on any atom is 0.335 e. The van der Waals surface area contributed by atoms with Crippen molar-refractivity contribution in [2.45, 2.75) is 26.6 Å². The second-order valence-electron chi connectivity index (χ2n) is 24.4. The zero-order valence-electron chi connectivity index (χ0n) is 59.7. The number of benzene rings is 8. The normalized spacial score (nSPS) is 11.1. The predicted octanol–water partition coefficient (Wildman–Crippen LogP) is 16.4. The van der Waals surface area contributed by atoms with Crippen molar-refractivity contribution in [2.24, 2.45) is 0 Å². The SMILES string of the molecule is CC(F)Oc1ccc(-n2cc(-c3ccc(C(=O)O)cc3)cn2)cc1.CC(F)Oc1ccc(-n2cc(-c3ccc(C(=O)O)cc3)cn2)cc1.CN(C)c1ccc(-n2cc(-c3ccc(C(=O)O)cc3)cn2)cc1.O=C(O)c1ccc(-c2cnn(-c3cccnc3)c2)cc1.O=C(O)c1cccc(-c2cnn(-c3cccnc3)c2)c1. The number of anilines is 1. The van der Waals surface area contributed by atoms with Gasteiger partial charge in [0.15, 0.2) is 0 Å². The molecule has 15 rings (SSSR count). The maximum atomic E-state index is 12.8. The highest BCUT2D eigenvalue weighted by atomic mass is 19.1. The maximum absolute atomic E-state index is 12.8. The van der Waals surface area contributed by atoms with E-state index in [2.05, 4.69) is 35.5 Å². The first kappa shape index (κ1) is 76.8. The molecule has 556 valence electrons. The molecule has 0 bridgehead atoms. The summed E-state index contributed by atoms with van der Waals surface area (Å²) in [6.07, 6.45) is 22.1. The standard InChI is InChI=1S/2C18H15FN2O3.C18H17N3O2.2C15H11N3O2/c2*1-12(19)24-17-8-6-16(7-9-17)21-11-15(10-20-21)13-2-4-14(5-3-13)18(22)23;1-20(2)16-7-9-17(10-8-16)21-12-15(11-19-21)13-3-5-14(6-4-13)18(22)23;19-15(20)12-4-1-3-11(7-12)13-8-17-18(10-13)14-5-2-6-16-9-14;19-15(20)12-5-3-11(4-6-12)13-8-17-18(10-13)14-2-1-7-16-9-14/h2*2-12H,1H3,(H,22,23);3-12H,1-2H3,(H,22,23);2*1-10H,(H,19,20). The topological polar surface area (TPSA) is 323 Å². The third-order valence-electron chi connectivity index (χ3n) is 16.5. The number of nitrogens with zero attached hydrogens (tertiary/aromatic N) is 13. The summed E-state index contributed by atoms with van der Waals surface area (Å²) in [6, 6.07) is 62.9. The number of hydrogen-bond donors (Lipinski definition) is 5. The predicted molar refractivity (Wildman–Crippen MR) is 412 cm³/mol. The highest BCUT2D eigenvalue weighted by Crippen LogP contribution is 2.28. The first-order valence-corrected chi connectivity index (χ1v) is 33.9. The molecular formula is C84H69F2N13O12. The van der Waals surface area contributed by atoms with Gasteiger partial charge in [-0.3, -0.25) is 9.97 Å². The summed E-state index contributed by atoms with van der Waals surface area (Å²) in [5.41, 5.74) is 15.6. The average molecular weight is 1490 g/mol. The fraction of sp³-hybridized carbons (Fsp3) is 0.0714. The number of rotatable bonds is 20. The minimum atomic E-state index is -1.36. The van der Waals surface area contributed by atoms with Crippen LogP contribution in [0.25, 0.3) is 84.1 Å². The minimum Gasteiger partial charge on any atom is -0.478 e. The van der Waals surface area contributed by atoms with E-state index < -0.39 is 42.6 Å². The minimum absolute atomic E-state index is 0.240. The number of halogens is 2. The van der Waals surface area contributed by atoms with Gasteiger partial charge in [0.25, 0.3) is 0 Å². The second kappa shape index (κ2) is 36.1. The molecule has 15 aromatic rings. The molecule has 0 aliphatic heterocycles. The Morgan fingerprint density at radius 2 is 0.595 bits per heavy atom. The third-order valence-corrected chi connectivity index (χ3v) is 16.5. The molecule has 2 unspecified atom stereocenters. The van der Waals surface area contributed by atoms with Crippen LogP contribution < -0.4 is 14.4 Å². The number of aromatic carboxylic acids is 5. The van der Waals surface area contributed by atoms with Gasteiger partial charge in [-0.2, -0.15) is 25.5 Å². The Labute approximate surface area is 633 Å². The van der Waals surface area contributed by atoms with Gasteiger partial charge in [-0.1, -0.05) is 60.7 Å². The van der Waals surface area contributed by atoms with Gasteiger partial charge in [-0.25, -0.2) is 56.2 Å². The first-order chi connectivity index (χ1) is 53.6. The lowest BCUT2D eigenvalue weighted by atomic mass is 10.1. The lowest BCUT2D eigenvalue weighted by Gasteiger charge is -2.12. The molecule has 7 aromatic heterocycles. The van der Waals surface area contributed by atoms with Crippen molar-refractivity contribution in [3.8, 4) is 95.6 Å². The summed E-state index contributed by atoms with van der Waals surface area (Å²) < 4.78 is 44.1. The Morgan fingerprint density at radius 3 is 0.856 bits per heavy atom. The van der Waals surface area contributed by atoms with E-state index in [1.54, 1.807) is 243 Å². The average Bonchev–Trinajstić information content (AvgIpc) is 1.72. The van der Waals surface area contributed by atoms with Crippen molar-refractivity contribution < 1.29 is 67.8 Å². The van der Waals surface area contributed by atoms with Crippen LogP contribution in [0.2, 0.25) is 0 Å². The number of ether oxygens (including phenoxy) is 2. The van der Waals surface area contributed by atoms with Crippen molar-refractivity contribution in [1.29, 1.82) is 0 Å². The molecule has 0 amide bonds. The van der Waals surface area contributed by atoms with Crippen LogP contribution in [0, 0.1) is 0 Å². The molecule has 8 aromatic carbocycles. The Kier molecular flexibility index (Phi) is 25.0. The zero-order chi connectivity index (χ0) is 78.5. The molecule has 25 nitrogen and oxygen atoms in total. The molecule has 0 saturated heterocycles. The molecule has 7 heterocycles. The van der Waals surface area contributed by atoms with E-state index in [4.69, 9.17) is 35.0 Å². The van der Waals surface area contributed by atoms with Gasteiger partial charge in [0, 0.05) is 105 Å². The van der Waals surface area contributed by atoms with Crippen LogP contribution in [0.3, 0.4) is 0 Å². The van der Waals surface area contributed by atoms with E-state index in [1.165, 1.54) is 13.8 Å². The fourth-order valence-electron chi connectivity index (χ4n) is 10.7. The molecular weight excluding hydrogens is 1420 g/mol. The molecule has 111 heavy (non-hydrogen) atoms. The van der Waals surface area contributed by atoms with Crippen LogP contribution in [0.4, 0.5) is 14.5 Å². The van der Waals surface area contributed by atoms with E-state index in [0.29, 0.717) is 11.5 Å². The quantitative estimate of drug-likeness (QED) is 0.0473. The molecule has 2 atom stereocenters. The molecule has 0 fully saturated rings. The van der Waals surface area contributed by atoms with Crippen molar-refractivity contribution in [3.05, 3.63) is 333 Å². The monoisotopic (exact) mass is 1490 g/mol. The Morgan fingerprint density at radius 1 is 0.315 bits per heavy atom. The van der Waals surface area contributed by atoms with Gasteiger partial charge in [-0.05, 0) is 186 Å². The van der Waals surface area contributed by atoms with E-state index in [9.17, 15) is 32.8 Å². The van der Waals surface area contributed by atoms with Gasteiger partial charge in [0.05, 0.1) is 99.6 Å². The molecule has 0 radical (unpaired) electrons. The van der Waals surface area contributed by atoms with Crippen molar-refractivity contribution in [1.82, 2.24) is 58.9 Å². The highest BCUT2D eigenvalue weighted by Gasteiger charge is 2.14. The smallest absolute Gasteiger partial charge is 0.335 e. The molecule has 0 aliphatic carbocycles. The lowest BCUT2D eigenvalue weighted by molar-refractivity contribution is 0.0686. The number of carboxylic acid groups (broad SMARTS) is 5. The highest BCUT2D eigenvalue weighted by molar-refractivity contribution is 5.91. The summed E-state index contributed by atoms with van der Waals surface area (Å²) in [5.74, 6) is -3.80. The number of aromatic nitrogens is 12. The summed E-state index contributed by atoms with van der Waals surface area (Å²) in [6.45, 7) is 2.65. The molecule has 5 N–H and O–H groups in total. The van der Waals surface area contributed by atoms with Crippen LogP contribution in [0.1, 0.15) is 65.6 Å². The van der Waals surface area contributed by atoms with Crippen molar-refractivity contribution in [3.63, 3.8) is 0 Å². The van der Waals surface area contributed by atoms with Gasteiger partial charge in [0.1, 0.15) is 11.5 Å². The van der Waals surface area contributed by atoms with Gasteiger partial charge < -0.3 is 39.9 Å². The van der Waals surface area contributed by atoms with Crippen LogP contribution >= 0.6 is 0 Å². The van der Waals surface area contributed by atoms with E-state index in [0.717, 1.165) is 89.8 Å². The van der Waals surface area contributed by atoms with E-state index in [-0.39, 0.29) is 27.8 Å². The summed E-state index contributed by atoms with van der Waals surface area (Å²) in [5, 5.41) is 66.2. The van der Waals surface area contributed by atoms with Gasteiger partial charge in [0.2, 0.25) is 12.7 Å². The Bertz CT molecular complexity index is 5450. The van der Waals surface area contributed by atoms with Crippen molar-refractivity contribution in [2.75, 3.05) is 19.0 Å². The molecule has 27 heteroatoms. The van der Waals surface area contributed by atoms with Crippen LogP contribution in [-0.4, -0.2) is 141 Å². The number of carbonyl (C=O) groups is 5. The molecule has 0 aliphatic rings. The lowest BCUT2D eigenvalue weighted by Crippen LogP contribution is -2.08. The molecule has 0 spiro atoms. The summed E-state index contributed by atoms with van der Waals surface area (Å²) in [4.78, 5) is 64.6. The van der Waals surface area contributed by atoms with Crippen LogP contribution in [0.5, 0.6) is 11.5 Å². The van der Waals surface area contributed by atoms with Crippen LogP contribution in [0.15, 0.2) is 305 Å². The third kappa shape index (κ3) is 20.8. The molecule has 0 saturated carbocycles. The van der Waals surface area contributed by atoms with Gasteiger partial charge in [-0.15, -0.1) is 0 Å². The van der Waals surface area contributed by atoms with Crippen molar-refractivity contribution >= 4 is 35.5 Å². The second-order valence-corrected chi connectivity index (χ2v) is 24.4.